The second-order valence-electron chi connectivity index (χ2n) is 8.68. The highest BCUT2D eigenvalue weighted by Gasteiger charge is 2.54. The summed E-state index contributed by atoms with van der Waals surface area (Å²) in [7, 11) is 0. The number of halogens is 1. The average molecular weight is 557 g/mol. The van der Waals surface area contributed by atoms with Crippen LogP contribution in [0.3, 0.4) is 0 Å². The van der Waals surface area contributed by atoms with Crippen molar-refractivity contribution in [3.63, 3.8) is 0 Å². The molecular weight excluding hydrogens is 533 g/mol. The van der Waals surface area contributed by atoms with Crippen LogP contribution in [0.25, 0.3) is 10.4 Å². The molecule has 0 spiro atoms. The Morgan fingerprint density at radius 2 is 2.00 bits per heavy atom. The number of aryl methyl sites for hydroxylation is 2. The van der Waals surface area contributed by atoms with Gasteiger partial charge in [-0.1, -0.05) is 35.9 Å². The van der Waals surface area contributed by atoms with E-state index in [1.807, 2.05) is 48.2 Å². The van der Waals surface area contributed by atoms with E-state index in [4.69, 9.17) is 0 Å². The standard InChI is InChI=1S/C25H24IN3O2S/c1-14-5-3-6-16(9-14)23-22(28-15(2)32-23)25(31)29-13-18-11-20(18)21(29)12-27-24(30)17-7-4-8-19(26)10-17/h3-10,18,20-21H,11-13H2,1-2H3,(H,27,30)/t18-,20?,21+/m0/s1. The highest BCUT2D eigenvalue weighted by molar-refractivity contribution is 14.1. The number of rotatable bonds is 5. The minimum atomic E-state index is -0.0926. The number of piperidine rings is 1. The van der Waals surface area contributed by atoms with E-state index in [0.717, 1.165) is 37.5 Å². The van der Waals surface area contributed by atoms with Gasteiger partial charge in [-0.15, -0.1) is 11.3 Å². The molecule has 1 saturated heterocycles. The molecule has 1 unspecified atom stereocenters. The van der Waals surface area contributed by atoms with Crippen LogP contribution in [0.5, 0.6) is 0 Å². The third kappa shape index (κ3) is 4.20. The molecule has 5 rings (SSSR count). The number of carbonyl (C=O) groups is 2. The lowest BCUT2D eigenvalue weighted by Crippen LogP contribution is -2.45. The molecule has 1 saturated carbocycles. The van der Waals surface area contributed by atoms with E-state index in [0.29, 0.717) is 29.6 Å². The summed E-state index contributed by atoms with van der Waals surface area (Å²) in [4.78, 5) is 33.8. The zero-order valence-electron chi connectivity index (χ0n) is 18.0. The van der Waals surface area contributed by atoms with Crippen molar-refractivity contribution in [1.82, 2.24) is 15.2 Å². The molecule has 32 heavy (non-hydrogen) atoms. The van der Waals surface area contributed by atoms with Crippen molar-refractivity contribution in [1.29, 1.82) is 0 Å². The molecule has 5 nitrogen and oxygen atoms in total. The molecule has 3 atom stereocenters. The second-order valence-corrected chi connectivity index (χ2v) is 11.1. The first-order valence-corrected chi connectivity index (χ1v) is 12.7. The van der Waals surface area contributed by atoms with Crippen LogP contribution >= 0.6 is 33.9 Å². The molecule has 1 aliphatic heterocycles. The Morgan fingerprint density at radius 1 is 1.19 bits per heavy atom. The fourth-order valence-electron chi connectivity index (χ4n) is 4.69. The van der Waals surface area contributed by atoms with Gasteiger partial charge >= 0.3 is 0 Å². The van der Waals surface area contributed by atoms with Gasteiger partial charge in [-0.05, 0) is 78.5 Å². The number of fused-ring (bicyclic) bond motifs is 1. The van der Waals surface area contributed by atoms with Crippen molar-refractivity contribution in [3.8, 4) is 10.4 Å². The molecule has 0 radical (unpaired) electrons. The van der Waals surface area contributed by atoms with E-state index in [-0.39, 0.29) is 17.9 Å². The predicted octanol–water partition coefficient (Wildman–Crippen LogP) is 4.92. The van der Waals surface area contributed by atoms with Gasteiger partial charge in [0.15, 0.2) is 0 Å². The van der Waals surface area contributed by atoms with Gasteiger partial charge in [0.1, 0.15) is 5.69 Å². The molecule has 2 heterocycles. The molecular formula is C25H24IN3O2S. The van der Waals surface area contributed by atoms with Gasteiger partial charge in [-0.3, -0.25) is 9.59 Å². The van der Waals surface area contributed by atoms with Crippen molar-refractivity contribution in [2.75, 3.05) is 13.1 Å². The minimum absolute atomic E-state index is 0.0200. The molecule has 7 heteroatoms. The van der Waals surface area contributed by atoms with Crippen LogP contribution in [-0.2, 0) is 0 Å². The highest BCUT2D eigenvalue weighted by atomic mass is 127. The van der Waals surface area contributed by atoms with E-state index in [2.05, 4.69) is 51.9 Å². The summed E-state index contributed by atoms with van der Waals surface area (Å²) in [6.07, 6.45) is 1.13. The maximum Gasteiger partial charge on any atom is 0.274 e. The Bertz CT molecular complexity index is 1210. The Kier molecular flexibility index (Phi) is 5.79. The number of nitrogens with one attached hydrogen (secondary N) is 1. The smallest absolute Gasteiger partial charge is 0.274 e. The fourth-order valence-corrected chi connectivity index (χ4v) is 6.14. The lowest BCUT2D eigenvalue weighted by Gasteiger charge is -2.27. The summed E-state index contributed by atoms with van der Waals surface area (Å²) in [6, 6.07) is 15.8. The SMILES string of the molecule is Cc1cccc(-c2sc(C)nc2C(=O)N2C[C@@H]3CC3[C@H]2CNC(=O)c2cccc(I)c2)c1. The number of hydrogen-bond donors (Lipinski definition) is 1. The van der Waals surface area contributed by atoms with Crippen molar-refractivity contribution >= 4 is 45.7 Å². The van der Waals surface area contributed by atoms with Gasteiger partial charge in [0, 0.05) is 22.2 Å². The van der Waals surface area contributed by atoms with Gasteiger partial charge in [0.25, 0.3) is 11.8 Å². The Morgan fingerprint density at radius 3 is 2.78 bits per heavy atom. The second kappa shape index (κ2) is 8.59. The van der Waals surface area contributed by atoms with Crippen LogP contribution in [0.2, 0.25) is 0 Å². The Hall–Kier alpha value is -2.26. The average Bonchev–Trinajstić information content (AvgIpc) is 3.28. The molecule has 1 aromatic heterocycles. The van der Waals surface area contributed by atoms with Crippen molar-refractivity contribution in [2.24, 2.45) is 11.8 Å². The fraction of sp³-hybridized carbons (Fsp3) is 0.320. The van der Waals surface area contributed by atoms with Gasteiger partial charge in [0.2, 0.25) is 0 Å². The molecule has 1 N–H and O–H groups in total. The number of benzene rings is 2. The number of hydrogen-bond acceptors (Lipinski definition) is 4. The molecule has 1 aliphatic carbocycles. The molecule has 2 amide bonds. The number of thiazole rings is 1. The van der Waals surface area contributed by atoms with E-state index < -0.39 is 0 Å². The largest absolute Gasteiger partial charge is 0.350 e. The van der Waals surface area contributed by atoms with Crippen molar-refractivity contribution in [2.45, 2.75) is 26.3 Å². The van der Waals surface area contributed by atoms with E-state index in [9.17, 15) is 9.59 Å². The van der Waals surface area contributed by atoms with Crippen LogP contribution in [-0.4, -0.2) is 40.8 Å². The quantitative estimate of drug-likeness (QED) is 0.453. The maximum absolute atomic E-state index is 13.6. The minimum Gasteiger partial charge on any atom is -0.350 e. The third-order valence-electron chi connectivity index (χ3n) is 6.34. The van der Waals surface area contributed by atoms with E-state index in [1.165, 1.54) is 0 Å². The summed E-state index contributed by atoms with van der Waals surface area (Å²) in [5.41, 5.74) is 3.38. The summed E-state index contributed by atoms with van der Waals surface area (Å²) < 4.78 is 1.03. The first-order chi connectivity index (χ1) is 15.4. The number of carbonyl (C=O) groups excluding carboxylic acids is 2. The zero-order chi connectivity index (χ0) is 22.4. The first kappa shape index (κ1) is 21.6. The predicted molar refractivity (Wildman–Crippen MR) is 135 cm³/mol. The van der Waals surface area contributed by atoms with Gasteiger partial charge in [-0.25, -0.2) is 4.98 Å². The molecule has 2 fully saturated rings. The van der Waals surface area contributed by atoms with Gasteiger partial charge in [-0.2, -0.15) is 0 Å². The monoisotopic (exact) mass is 557 g/mol. The van der Waals surface area contributed by atoms with Crippen molar-refractivity contribution < 1.29 is 9.59 Å². The number of likely N-dealkylation sites (tertiary alicyclic amines) is 1. The number of amides is 2. The highest BCUT2D eigenvalue weighted by Crippen LogP contribution is 2.50. The summed E-state index contributed by atoms with van der Waals surface area (Å²) in [5, 5.41) is 3.95. The normalized spacial score (nSPS) is 21.3. The number of nitrogens with zero attached hydrogens (tertiary/aromatic N) is 2. The number of aromatic nitrogens is 1. The molecule has 0 bridgehead atoms. The van der Waals surface area contributed by atoms with Crippen LogP contribution in [0, 0.1) is 29.3 Å². The van der Waals surface area contributed by atoms with Crippen LogP contribution in [0.1, 0.15) is 37.8 Å². The van der Waals surface area contributed by atoms with Crippen LogP contribution < -0.4 is 5.32 Å². The van der Waals surface area contributed by atoms with Crippen molar-refractivity contribution in [3.05, 3.63) is 73.9 Å². The van der Waals surface area contributed by atoms with E-state index in [1.54, 1.807) is 11.3 Å². The third-order valence-corrected chi connectivity index (χ3v) is 8.03. The van der Waals surface area contributed by atoms with E-state index >= 15 is 0 Å². The van der Waals surface area contributed by atoms with Gasteiger partial charge < -0.3 is 10.2 Å². The van der Waals surface area contributed by atoms with Gasteiger partial charge in [0.05, 0.1) is 15.9 Å². The Labute approximate surface area is 205 Å². The summed E-state index contributed by atoms with van der Waals surface area (Å²) in [6.45, 7) is 5.22. The first-order valence-electron chi connectivity index (χ1n) is 10.8. The summed E-state index contributed by atoms with van der Waals surface area (Å²) in [5.74, 6) is 0.898. The van der Waals surface area contributed by atoms with Crippen LogP contribution in [0.4, 0.5) is 0 Å². The topological polar surface area (TPSA) is 62.3 Å². The molecule has 164 valence electrons. The Balaban J connectivity index is 1.36. The molecule has 3 aromatic rings. The van der Waals surface area contributed by atoms with Crippen LogP contribution in [0.15, 0.2) is 48.5 Å². The lowest BCUT2D eigenvalue weighted by molar-refractivity contribution is 0.0690. The maximum atomic E-state index is 13.6. The zero-order valence-corrected chi connectivity index (χ0v) is 20.9. The summed E-state index contributed by atoms with van der Waals surface area (Å²) >= 11 is 3.77. The molecule has 2 aromatic carbocycles. The lowest BCUT2D eigenvalue weighted by atomic mass is 10.1. The molecule has 2 aliphatic rings.